The van der Waals surface area contributed by atoms with Gasteiger partial charge < -0.3 is 0 Å². The van der Waals surface area contributed by atoms with Crippen molar-refractivity contribution in [2.75, 3.05) is 0 Å². The molecule has 0 aliphatic heterocycles. The second-order valence-electron chi connectivity index (χ2n) is 0.921. The van der Waals surface area contributed by atoms with E-state index >= 15 is 0 Å². The second kappa shape index (κ2) is 1.63. The molecular formula is C3H3N2Te. The number of nitrogens with one attached hydrogen (secondary N) is 1. The van der Waals surface area contributed by atoms with Gasteiger partial charge in [0.25, 0.3) is 0 Å². The number of aromatic amines is 1. The molecule has 1 aromatic heterocycles. The molecule has 0 spiro atoms. The van der Waals surface area contributed by atoms with Gasteiger partial charge >= 0.3 is 48.5 Å². The first-order chi connectivity index (χ1) is 2.89. The van der Waals surface area contributed by atoms with Crippen LogP contribution in [0.1, 0.15) is 0 Å². The van der Waals surface area contributed by atoms with E-state index in [4.69, 9.17) is 0 Å². The summed E-state index contributed by atoms with van der Waals surface area (Å²) in [5.41, 5.74) is 0. The zero-order chi connectivity index (χ0) is 4.41. The van der Waals surface area contributed by atoms with Gasteiger partial charge in [-0.05, 0) is 0 Å². The van der Waals surface area contributed by atoms with Crippen molar-refractivity contribution in [1.29, 1.82) is 0 Å². The van der Waals surface area contributed by atoms with Gasteiger partial charge in [-0.15, -0.1) is 0 Å². The monoisotopic (exact) mass is 197 g/mol. The number of aromatic nitrogens is 2. The minimum atomic E-state index is 1.12. The van der Waals surface area contributed by atoms with Gasteiger partial charge in [-0.25, -0.2) is 0 Å². The average Bonchev–Trinajstić information content (AvgIpc) is 1.86. The Morgan fingerprint density at radius 2 is 2.67 bits per heavy atom. The van der Waals surface area contributed by atoms with Crippen molar-refractivity contribution in [3.8, 4) is 0 Å². The Labute approximate surface area is 48.9 Å². The molecule has 1 heterocycles. The predicted octanol–water partition coefficient (Wildman–Crippen LogP) is -0.797. The number of hydrogen-bond acceptors (Lipinski definition) is 1. The molecule has 1 N–H and O–H groups in total. The Balaban J connectivity index is 3.05. The van der Waals surface area contributed by atoms with Crippen LogP contribution >= 0.6 is 0 Å². The van der Waals surface area contributed by atoms with E-state index in [-0.39, 0.29) is 0 Å². The van der Waals surface area contributed by atoms with Gasteiger partial charge in [0.15, 0.2) is 0 Å². The van der Waals surface area contributed by atoms with E-state index in [0.29, 0.717) is 0 Å². The Morgan fingerprint density at radius 3 is 2.83 bits per heavy atom. The summed E-state index contributed by atoms with van der Waals surface area (Å²) in [4.78, 5) is 0. The van der Waals surface area contributed by atoms with E-state index in [1.807, 2.05) is 28.4 Å². The van der Waals surface area contributed by atoms with Crippen LogP contribution in [0.3, 0.4) is 0 Å². The van der Waals surface area contributed by atoms with Crippen LogP contribution in [0.5, 0.6) is 0 Å². The van der Waals surface area contributed by atoms with E-state index in [2.05, 4.69) is 10.2 Å². The van der Waals surface area contributed by atoms with E-state index in [9.17, 15) is 0 Å². The summed E-state index contributed by atoms with van der Waals surface area (Å²) in [6.45, 7) is 0. The molecule has 0 atom stereocenters. The van der Waals surface area contributed by atoms with E-state index in [1.54, 1.807) is 6.20 Å². The molecule has 0 aliphatic rings. The maximum atomic E-state index is 3.70. The minimum absolute atomic E-state index is 1.12. The van der Waals surface area contributed by atoms with Crippen LogP contribution in [-0.2, 0) is 0 Å². The predicted molar refractivity (Wildman–Crippen MR) is 24.0 cm³/mol. The van der Waals surface area contributed by atoms with Gasteiger partial charge in [0.05, 0.1) is 0 Å². The number of rotatable bonds is 0. The average molecular weight is 195 g/mol. The molecule has 2 nitrogen and oxygen atoms in total. The van der Waals surface area contributed by atoms with Crippen LogP contribution in [0.25, 0.3) is 0 Å². The molecule has 1 aromatic rings. The number of H-pyrrole nitrogens is 1. The first-order valence-electron chi connectivity index (χ1n) is 1.56. The van der Waals surface area contributed by atoms with Crippen molar-refractivity contribution in [3.05, 3.63) is 12.3 Å². The van der Waals surface area contributed by atoms with Crippen molar-refractivity contribution in [2.24, 2.45) is 0 Å². The van der Waals surface area contributed by atoms with Crippen LogP contribution in [0.15, 0.2) is 12.3 Å². The Morgan fingerprint density at radius 1 is 1.83 bits per heavy atom. The Bertz CT molecular complexity index is 112. The first kappa shape index (κ1) is 4.17. The molecule has 1 rings (SSSR count). The van der Waals surface area contributed by atoms with Gasteiger partial charge in [0.1, 0.15) is 0 Å². The van der Waals surface area contributed by atoms with E-state index < -0.39 is 0 Å². The van der Waals surface area contributed by atoms with Gasteiger partial charge in [0.2, 0.25) is 0 Å². The Hall–Kier alpha value is -0.000390. The topological polar surface area (TPSA) is 28.7 Å². The van der Waals surface area contributed by atoms with Crippen molar-refractivity contribution in [1.82, 2.24) is 10.2 Å². The molecule has 1 radical (unpaired) electrons. The molecule has 0 aromatic carbocycles. The third kappa shape index (κ3) is 0.735. The SMILES string of the molecule is [Te]c1ccn[nH]1. The fraction of sp³-hybridized carbons (Fsp3) is 0. The standard InChI is InChI=1S/C3H3N2Te/c6-3-1-2-4-5-3/h1-2H,(H,4,5). The zero-order valence-corrected chi connectivity index (χ0v) is 5.34. The van der Waals surface area contributed by atoms with Crippen molar-refractivity contribution in [3.63, 3.8) is 0 Å². The molecule has 0 fully saturated rings. The van der Waals surface area contributed by atoms with Crippen molar-refractivity contribution < 1.29 is 0 Å². The fourth-order valence-corrected chi connectivity index (χ4v) is 0.567. The van der Waals surface area contributed by atoms with Crippen LogP contribution < -0.4 is 3.74 Å². The van der Waals surface area contributed by atoms with Gasteiger partial charge in [-0.2, -0.15) is 0 Å². The molecular weight excluding hydrogens is 192 g/mol. The summed E-state index contributed by atoms with van der Waals surface area (Å²) in [6.07, 6.45) is 1.73. The molecule has 0 saturated heterocycles. The summed E-state index contributed by atoms with van der Waals surface area (Å²) >= 11 is 1.90. The maximum absolute atomic E-state index is 3.70. The zero-order valence-electron chi connectivity index (χ0n) is 3.01. The van der Waals surface area contributed by atoms with Crippen LogP contribution in [0.2, 0.25) is 0 Å². The molecule has 31 valence electrons. The molecule has 0 saturated carbocycles. The first-order valence-corrected chi connectivity index (χ1v) is 2.72. The summed E-state index contributed by atoms with van der Waals surface area (Å²) in [5, 5.41) is 6.45. The molecule has 3 heteroatoms. The summed E-state index contributed by atoms with van der Waals surface area (Å²) in [6, 6.07) is 1.92. The van der Waals surface area contributed by atoms with Crippen molar-refractivity contribution >= 4 is 26.0 Å². The van der Waals surface area contributed by atoms with Gasteiger partial charge in [-0.3, -0.25) is 0 Å². The Kier molecular flexibility index (Phi) is 1.13. The molecule has 6 heavy (non-hydrogen) atoms. The van der Waals surface area contributed by atoms with Crippen molar-refractivity contribution in [2.45, 2.75) is 0 Å². The number of hydrogen-bond donors (Lipinski definition) is 1. The van der Waals surface area contributed by atoms with Crippen LogP contribution in [-0.4, -0.2) is 32.5 Å². The molecule has 0 amide bonds. The summed E-state index contributed by atoms with van der Waals surface area (Å²) in [5.74, 6) is 0. The van der Waals surface area contributed by atoms with Crippen LogP contribution in [0.4, 0.5) is 0 Å². The molecule has 0 bridgehead atoms. The molecule has 0 unspecified atom stereocenters. The van der Waals surface area contributed by atoms with Gasteiger partial charge in [-0.1, -0.05) is 0 Å². The summed E-state index contributed by atoms with van der Waals surface area (Å²) in [7, 11) is 0. The normalized spacial score (nSPS) is 8.67. The van der Waals surface area contributed by atoms with Crippen LogP contribution in [0, 0.1) is 0 Å². The molecule has 0 aliphatic carbocycles. The van der Waals surface area contributed by atoms with E-state index in [1.165, 1.54) is 0 Å². The number of nitrogens with zero attached hydrogens (tertiary/aromatic N) is 1. The second-order valence-corrected chi connectivity index (χ2v) is 2.18. The van der Waals surface area contributed by atoms with Gasteiger partial charge in [0, 0.05) is 0 Å². The third-order valence-electron chi connectivity index (χ3n) is 0.475. The van der Waals surface area contributed by atoms with E-state index in [0.717, 1.165) is 3.74 Å². The summed E-state index contributed by atoms with van der Waals surface area (Å²) < 4.78 is 1.12. The quantitative estimate of drug-likeness (QED) is 0.539. The third-order valence-corrected chi connectivity index (χ3v) is 1.12. The fourth-order valence-electron chi connectivity index (χ4n) is 0.243.